The van der Waals surface area contributed by atoms with E-state index in [2.05, 4.69) is 27.8 Å². The summed E-state index contributed by atoms with van der Waals surface area (Å²) in [6.07, 6.45) is 0. The largest absolute Gasteiger partial charge is 0.696 e. The van der Waals surface area contributed by atoms with Gasteiger partial charge in [-0.3, -0.25) is 0 Å². The van der Waals surface area contributed by atoms with E-state index >= 15 is 0 Å². The van der Waals surface area contributed by atoms with Crippen LogP contribution in [0.1, 0.15) is 0 Å². The highest BCUT2D eigenvalue weighted by atomic mass is 32.1. The van der Waals surface area contributed by atoms with Gasteiger partial charge in [0, 0.05) is 25.8 Å². The number of fused-ring (bicyclic) bond motifs is 1. The SMILES string of the molecule is COc1ccc2c(c1)sc(N=Nc1ccc(N(C)C)cc1)[n+]2C.N#C[S-]. The van der Waals surface area contributed by atoms with E-state index in [1.165, 1.54) is 5.40 Å². The predicted molar refractivity (Wildman–Crippen MR) is 107 cm³/mol. The van der Waals surface area contributed by atoms with Crippen LogP contribution in [0.4, 0.5) is 16.5 Å². The van der Waals surface area contributed by atoms with Crippen LogP contribution in [0.2, 0.25) is 0 Å². The molecular formula is C18H19N5OS2. The molecule has 0 atom stereocenters. The smallest absolute Gasteiger partial charge is 0.409 e. The summed E-state index contributed by atoms with van der Waals surface area (Å²) in [5.41, 5.74) is 3.10. The van der Waals surface area contributed by atoms with Gasteiger partial charge in [-0.1, -0.05) is 5.40 Å². The monoisotopic (exact) mass is 385 g/mol. The molecule has 0 N–H and O–H groups in total. The van der Waals surface area contributed by atoms with E-state index in [4.69, 9.17) is 10.00 Å². The Balaban J connectivity index is 0.000000758. The van der Waals surface area contributed by atoms with Crippen LogP contribution >= 0.6 is 11.3 Å². The van der Waals surface area contributed by atoms with E-state index < -0.39 is 0 Å². The quantitative estimate of drug-likeness (QED) is 0.292. The van der Waals surface area contributed by atoms with Crippen LogP contribution in [0.15, 0.2) is 52.7 Å². The van der Waals surface area contributed by atoms with Crippen LogP contribution in [-0.4, -0.2) is 21.2 Å². The lowest BCUT2D eigenvalue weighted by atomic mass is 10.3. The third-order valence-electron chi connectivity index (χ3n) is 3.63. The molecule has 1 heterocycles. The van der Waals surface area contributed by atoms with Gasteiger partial charge in [-0.05, 0) is 52.8 Å². The Morgan fingerprint density at radius 1 is 1.15 bits per heavy atom. The number of ether oxygens (including phenoxy) is 1. The van der Waals surface area contributed by atoms with Gasteiger partial charge in [0.1, 0.15) is 17.0 Å². The maximum atomic E-state index is 7.13. The number of nitrogens with zero attached hydrogens (tertiary/aromatic N) is 5. The molecule has 0 amide bonds. The first-order valence-corrected chi connectivity index (χ1v) is 8.89. The van der Waals surface area contributed by atoms with Gasteiger partial charge in [0.2, 0.25) is 0 Å². The molecule has 0 aliphatic rings. The van der Waals surface area contributed by atoms with E-state index in [1.807, 2.05) is 68.2 Å². The third kappa shape index (κ3) is 4.65. The third-order valence-corrected chi connectivity index (χ3v) is 4.72. The second kappa shape index (κ2) is 9.08. The van der Waals surface area contributed by atoms with Gasteiger partial charge in [0.15, 0.2) is 0 Å². The summed E-state index contributed by atoms with van der Waals surface area (Å²) >= 11 is 5.29. The van der Waals surface area contributed by atoms with E-state index in [9.17, 15) is 0 Å². The van der Waals surface area contributed by atoms with Crippen LogP contribution in [-0.2, 0) is 19.7 Å². The van der Waals surface area contributed by atoms with Crippen LogP contribution in [0.25, 0.3) is 10.2 Å². The number of hydrogen-bond donors (Lipinski definition) is 0. The van der Waals surface area contributed by atoms with Gasteiger partial charge in [-0.25, -0.2) is 9.83 Å². The van der Waals surface area contributed by atoms with Crippen molar-refractivity contribution in [3.63, 3.8) is 0 Å². The molecule has 0 spiro atoms. The molecule has 0 aliphatic heterocycles. The average Bonchev–Trinajstić information content (AvgIpc) is 2.96. The number of rotatable bonds is 4. The molecule has 2 aromatic carbocycles. The van der Waals surface area contributed by atoms with Crippen molar-refractivity contribution in [2.75, 3.05) is 26.1 Å². The van der Waals surface area contributed by atoms with Crippen LogP contribution in [0.3, 0.4) is 0 Å². The normalized spacial score (nSPS) is 10.3. The number of azo groups is 1. The Morgan fingerprint density at radius 2 is 1.81 bits per heavy atom. The molecule has 3 aromatic rings. The summed E-state index contributed by atoms with van der Waals surface area (Å²) in [6.45, 7) is 0. The summed E-state index contributed by atoms with van der Waals surface area (Å²) in [5.74, 6) is 0.849. The van der Waals surface area contributed by atoms with Crippen molar-refractivity contribution in [2.45, 2.75) is 0 Å². The number of methoxy groups -OCH3 is 1. The number of thiocyanates is 1. The van der Waals surface area contributed by atoms with Crippen molar-refractivity contribution in [2.24, 2.45) is 17.3 Å². The van der Waals surface area contributed by atoms with Crippen LogP contribution < -0.4 is 14.2 Å². The second-order valence-electron chi connectivity index (χ2n) is 5.48. The highest BCUT2D eigenvalue weighted by Crippen LogP contribution is 2.30. The van der Waals surface area contributed by atoms with Crippen molar-refractivity contribution in [1.29, 1.82) is 5.26 Å². The van der Waals surface area contributed by atoms with E-state index in [0.29, 0.717) is 0 Å². The van der Waals surface area contributed by atoms with Crippen molar-refractivity contribution in [3.8, 4) is 11.2 Å². The Labute approximate surface area is 162 Å². The Bertz CT molecular complexity index is 943. The lowest BCUT2D eigenvalue weighted by molar-refractivity contribution is -0.627. The fourth-order valence-corrected chi connectivity index (χ4v) is 3.25. The van der Waals surface area contributed by atoms with Gasteiger partial charge >= 0.3 is 5.13 Å². The van der Waals surface area contributed by atoms with Crippen molar-refractivity contribution >= 4 is 50.7 Å². The van der Waals surface area contributed by atoms with Crippen molar-refractivity contribution in [1.82, 2.24) is 0 Å². The molecule has 0 radical (unpaired) electrons. The highest BCUT2D eigenvalue weighted by molar-refractivity contribution is 7.64. The van der Waals surface area contributed by atoms with E-state index in [1.54, 1.807) is 18.4 Å². The number of hydrogen-bond acceptors (Lipinski definition) is 7. The molecule has 6 nitrogen and oxygen atoms in total. The second-order valence-corrected chi connectivity index (χ2v) is 6.67. The summed E-state index contributed by atoms with van der Waals surface area (Å²) in [6, 6.07) is 14.0. The average molecular weight is 386 g/mol. The summed E-state index contributed by atoms with van der Waals surface area (Å²) < 4.78 is 8.44. The zero-order chi connectivity index (χ0) is 19.1. The maximum Gasteiger partial charge on any atom is 0.409 e. The number of nitriles is 1. The Morgan fingerprint density at radius 3 is 2.38 bits per heavy atom. The first-order chi connectivity index (χ1) is 12.5. The number of thiazole rings is 1. The molecule has 1 aromatic heterocycles. The van der Waals surface area contributed by atoms with Crippen molar-refractivity contribution in [3.05, 3.63) is 42.5 Å². The lowest BCUT2D eigenvalue weighted by Gasteiger charge is -2.11. The molecule has 134 valence electrons. The maximum absolute atomic E-state index is 7.13. The number of aryl methyl sites for hydroxylation is 1. The van der Waals surface area contributed by atoms with Gasteiger partial charge in [-0.2, -0.15) is 0 Å². The molecule has 0 bridgehead atoms. The van der Waals surface area contributed by atoms with Gasteiger partial charge in [-0.15, -0.1) is 0 Å². The molecular weight excluding hydrogens is 366 g/mol. The number of benzene rings is 2. The minimum Gasteiger partial charge on any atom is -0.696 e. The topological polar surface area (TPSA) is 64.9 Å². The summed E-state index contributed by atoms with van der Waals surface area (Å²) in [4.78, 5) is 2.06. The minimum atomic E-state index is 0.839. The standard InChI is InChI=1S/C17H19N4OS.CHNS/c1-20(2)13-7-5-12(6-8-13)18-19-17-21(3)15-10-9-14(22-4)11-16(15)23-17;2-1-3/h5-11H,1-4H3;3H/q+1;/p-1. The molecule has 0 saturated carbocycles. The van der Waals surface area contributed by atoms with Gasteiger partial charge < -0.3 is 22.3 Å². The molecule has 0 fully saturated rings. The predicted octanol–water partition coefficient (Wildman–Crippen LogP) is 4.23. The molecule has 0 unspecified atom stereocenters. The highest BCUT2D eigenvalue weighted by Gasteiger charge is 2.16. The van der Waals surface area contributed by atoms with Crippen LogP contribution in [0.5, 0.6) is 5.75 Å². The van der Waals surface area contributed by atoms with Gasteiger partial charge in [0.25, 0.3) is 0 Å². The number of anilines is 1. The Kier molecular flexibility index (Phi) is 6.83. The fraction of sp³-hybridized carbons (Fsp3) is 0.222. The van der Waals surface area contributed by atoms with E-state index in [-0.39, 0.29) is 0 Å². The lowest BCUT2D eigenvalue weighted by Crippen LogP contribution is -2.25. The zero-order valence-electron chi connectivity index (χ0n) is 15.0. The molecule has 0 saturated heterocycles. The van der Waals surface area contributed by atoms with Crippen LogP contribution in [0, 0.1) is 10.7 Å². The molecule has 3 rings (SSSR count). The Hall–Kier alpha value is -2.76. The first kappa shape index (κ1) is 19.6. The first-order valence-electron chi connectivity index (χ1n) is 7.67. The molecule has 8 heteroatoms. The van der Waals surface area contributed by atoms with E-state index in [0.717, 1.165) is 32.5 Å². The van der Waals surface area contributed by atoms with Crippen molar-refractivity contribution < 1.29 is 9.30 Å². The molecule has 0 aliphatic carbocycles. The zero-order valence-corrected chi connectivity index (χ0v) is 16.6. The minimum absolute atomic E-state index is 0.839. The fourth-order valence-electron chi connectivity index (χ4n) is 2.26. The summed E-state index contributed by atoms with van der Waals surface area (Å²) in [5, 5.41) is 18.1. The summed E-state index contributed by atoms with van der Waals surface area (Å²) in [7, 11) is 7.70. The number of aromatic nitrogens is 1. The molecule has 26 heavy (non-hydrogen) atoms. The van der Waals surface area contributed by atoms with Gasteiger partial charge in [0.05, 0.1) is 24.0 Å².